The zero-order valence-corrected chi connectivity index (χ0v) is 15.7. The van der Waals surface area contributed by atoms with E-state index in [1.54, 1.807) is 18.4 Å². The molecule has 0 saturated carbocycles. The zero-order valence-electron chi connectivity index (χ0n) is 14.9. The third-order valence-corrected chi connectivity index (χ3v) is 5.73. The van der Waals surface area contributed by atoms with Gasteiger partial charge in [0.15, 0.2) is 0 Å². The van der Waals surface area contributed by atoms with Crippen LogP contribution in [0.4, 0.5) is 0 Å². The van der Waals surface area contributed by atoms with Gasteiger partial charge in [0.25, 0.3) is 0 Å². The highest BCUT2D eigenvalue weighted by atomic mass is 32.1. The van der Waals surface area contributed by atoms with Gasteiger partial charge in [-0.05, 0) is 55.7 Å². The molecule has 2 aromatic rings. The number of hydrogen-bond donors (Lipinski definition) is 0. The summed E-state index contributed by atoms with van der Waals surface area (Å²) in [7, 11) is 1.73. The first kappa shape index (κ1) is 18.2. The van der Waals surface area contributed by atoms with Crippen LogP contribution in [0.2, 0.25) is 0 Å². The molecule has 0 unspecified atom stereocenters. The second kappa shape index (κ2) is 9.20. The molecule has 0 bridgehead atoms. The third-order valence-electron chi connectivity index (χ3n) is 4.84. The fourth-order valence-electron chi connectivity index (χ4n) is 3.53. The van der Waals surface area contributed by atoms with E-state index < -0.39 is 0 Å². The number of aryl methyl sites for hydroxylation is 1. The van der Waals surface area contributed by atoms with Crippen molar-refractivity contribution in [2.45, 2.75) is 51.0 Å². The Labute approximate surface area is 153 Å². The van der Waals surface area contributed by atoms with Crippen LogP contribution in [0.25, 0.3) is 10.6 Å². The Bertz CT molecular complexity index is 650. The van der Waals surface area contributed by atoms with Crippen molar-refractivity contribution in [3.05, 3.63) is 35.4 Å². The summed E-state index contributed by atoms with van der Waals surface area (Å²) in [6.07, 6.45) is 6.73. The maximum absolute atomic E-state index is 12.7. The first-order valence-electron chi connectivity index (χ1n) is 9.19. The maximum Gasteiger partial charge on any atom is 0.223 e. The quantitative estimate of drug-likeness (QED) is 0.637. The lowest BCUT2D eigenvalue weighted by Crippen LogP contribution is -2.43. The van der Waals surface area contributed by atoms with Crippen LogP contribution in [0, 0.1) is 0 Å². The summed E-state index contributed by atoms with van der Waals surface area (Å²) in [6, 6.07) is 8.45. The number of methoxy groups -OCH3 is 1. The third kappa shape index (κ3) is 4.95. The molecule has 1 aliphatic heterocycles. The first-order chi connectivity index (χ1) is 12.3. The molecule has 1 aliphatic rings. The number of nitrogens with zero attached hydrogens (tertiary/aromatic N) is 1. The average molecular weight is 362 g/mol. The van der Waals surface area contributed by atoms with Crippen LogP contribution in [0.5, 0.6) is 0 Å². The van der Waals surface area contributed by atoms with Gasteiger partial charge in [-0.3, -0.25) is 4.79 Å². The van der Waals surface area contributed by atoms with Crippen LogP contribution in [-0.4, -0.2) is 37.1 Å². The lowest BCUT2D eigenvalue weighted by molar-refractivity contribution is -0.135. The van der Waals surface area contributed by atoms with E-state index in [0.717, 1.165) is 55.2 Å². The summed E-state index contributed by atoms with van der Waals surface area (Å²) < 4.78 is 11.0. The highest BCUT2D eigenvalue weighted by Gasteiger charge is 2.26. The van der Waals surface area contributed by atoms with Crippen LogP contribution < -0.4 is 0 Å². The SMILES string of the molecule is COCCC[C@@H]1CCCCN1C(=O)CCc1ccc(-c2cccs2)o1. The number of piperidine rings is 1. The van der Waals surface area contributed by atoms with E-state index >= 15 is 0 Å². The number of likely N-dealkylation sites (tertiary alicyclic amines) is 1. The van der Waals surface area contributed by atoms with Crippen molar-refractivity contribution in [2.24, 2.45) is 0 Å². The largest absolute Gasteiger partial charge is 0.460 e. The number of carbonyl (C=O) groups excluding carboxylic acids is 1. The molecule has 136 valence electrons. The van der Waals surface area contributed by atoms with E-state index in [-0.39, 0.29) is 5.91 Å². The lowest BCUT2D eigenvalue weighted by Gasteiger charge is -2.36. The molecular formula is C20H27NO3S. The highest BCUT2D eigenvalue weighted by molar-refractivity contribution is 7.13. The Balaban J connectivity index is 1.52. The van der Waals surface area contributed by atoms with Crippen LogP contribution in [0.3, 0.4) is 0 Å². The molecule has 0 radical (unpaired) electrons. The Morgan fingerprint density at radius 3 is 3.08 bits per heavy atom. The predicted molar refractivity (Wildman–Crippen MR) is 101 cm³/mol. The number of hydrogen-bond acceptors (Lipinski definition) is 4. The summed E-state index contributed by atoms with van der Waals surface area (Å²) >= 11 is 1.67. The van der Waals surface area contributed by atoms with Gasteiger partial charge in [-0.15, -0.1) is 11.3 Å². The fraction of sp³-hybridized carbons (Fsp3) is 0.550. The molecule has 5 heteroatoms. The second-order valence-corrected chi connectivity index (χ2v) is 7.56. The monoisotopic (exact) mass is 361 g/mol. The van der Waals surface area contributed by atoms with E-state index in [4.69, 9.17) is 9.15 Å². The number of ether oxygens (including phenoxy) is 1. The lowest BCUT2D eigenvalue weighted by atomic mass is 9.97. The molecule has 3 heterocycles. The molecule has 4 nitrogen and oxygen atoms in total. The van der Waals surface area contributed by atoms with Gasteiger partial charge in [0, 0.05) is 39.1 Å². The molecular weight excluding hydrogens is 334 g/mol. The Morgan fingerprint density at radius 2 is 2.28 bits per heavy atom. The average Bonchev–Trinajstić information content (AvgIpc) is 3.32. The van der Waals surface area contributed by atoms with Gasteiger partial charge >= 0.3 is 0 Å². The van der Waals surface area contributed by atoms with Gasteiger partial charge in [-0.25, -0.2) is 0 Å². The normalized spacial score (nSPS) is 17.8. The number of amides is 1. The van der Waals surface area contributed by atoms with Crippen LogP contribution >= 0.6 is 11.3 Å². The van der Waals surface area contributed by atoms with E-state index in [9.17, 15) is 4.79 Å². The molecule has 0 aliphatic carbocycles. The zero-order chi connectivity index (χ0) is 17.5. The summed E-state index contributed by atoms with van der Waals surface area (Å²) in [5.41, 5.74) is 0. The van der Waals surface area contributed by atoms with Gasteiger partial charge in [0.1, 0.15) is 11.5 Å². The van der Waals surface area contributed by atoms with E-state index in [0.29, 0.717) is 18.9 Å². The minimum Gasteiger partial charge on any atom is -0.460 e. The number of thiophene rings is 1. The number of carbonyl (C=O) groups is 1. The smallest absolute Gasteiger partial charge is 0.223 e. The predicted octanol–water partition coefficient (Wildman–Crippen LogP) is 4.75. The van der Waals surface area contributed by atoms with E-state index in [1.807, 2.05) is 23.6 Å². The van der Waals surface area contributed by atoms with Crippen molar-refractivity contribution in [1.29, 1.82) is 0 Å². The summed E-state index contributed by atoms with van der Waals surface area (Å²) in [4.78, 5) is 15.9. The fourth-order valence-corrected chi connectivity index (χ4v) is 4.22. The molecule has 1 fully saturated rings. The number of furan rings is 1. The minimum atomic E-state index is 0.260. The molecule has 1 amide bonds. The Hall–Kier alpha value is -1.59. The molecule has 25 heavy (non-hydrogen) atoms. The van der Waals surface area contributed by atoms with Crippen molar-refractivity contribution in [3.8, 4) is 10.6 Å². The summed E-state index contributed by atoms with van der Waals surface area (Å²) in [5, 5.41) is 2.04. The summed E-state index contributed by atoms with van der Waals surface area (Å²) in [5.74, 6) is 2.05. The molecule has 0 aromatic carbocycles. The van der Waals surface area contributed by atoms with Gasteiger partial charge in [0.2, 0.25) is 5.91 Å². The van der Waals surface area contributed by atoms with Crippen molar-refractivity contribution in [2.75, 3.05) is 20.3 Å². The topological polar surface area (TPSA) is 42.7 Å². The van der Waals surface area contributed by atoms with Gasteiger partial charge in [0.05, 0.1) is 4.88 Å². The Morgan fingerprint density at radius 1 is 1.36 bits per heavy atom. The van der Waals surface area contributed by atoms with Crippen molar-refractivity contribution in [3.63, 3.8) is 0 Å². The van der Waals surface area contributed by atoms with Crippen LogP contribution in [0.15, 0.2) is 34.1 Å². The van der Waals surface area contributed by atoms with Gasteiger partial charge in [-0.2, -0.15) is 0 Å². The van der Waals surface area contributed by atoms with Gasteiger partial charge < -0.3 is 14.1 Å². The van der Waals surface area contributed by atoms with Crippen molar-refractivity contribution >= 4 is 17.2 Å². The molecule has 1 saturated heterocycles. The number of rotatable bonds is 8. The second-order valence-electron chi connectivity index (χ2n) is 6.62. The van der Waals surface area contributed by atoms with Gasteiger partial charge in [-0.1, -0.05) is 6.07 Å². The van der Waals surface area contributed by atoms with E-state index in [1.165, 1.54) is 6.42 Å². The van der Waals surface area contributed by atoms with Crippen LogP contribution in [0.1, 0.15) is 44.3 Å². The van der Waals surface area contributed by atoms with Crippen molar-refractivity contribution < 1.29 is 13.9 Å². The summed E-state index contributed by atoms with van der Waals surface area (Å²) in [6.45, 7) is 1.67. The standard InChI is InChI=1S/C20H27NO3S/c1-23-14-4-7-16-6-2-3-13-21(16)20(22)12-10-17-9-11-18(24-17)19-8-5-15-25-19/h5,8-9,11,15-16H,2-4,6-7,10,12-14H2,1H3/t16-/m0/s1. The van der Waals surface area contributed by atoms with Crippen molar-refractivity contribution in [1.82, 2.24) is 4.90 Å². The Kier molecular flexibility index (Phi) is 6.70. The molecule has 0 spiro atoms. The molecule has 3 rings (SSSR count). The molecule has 1 atom stereocenters. The maximum atomic E-state index is 12.7. The van der Waals surface area contributed by atoms with Crippen LogP contribution in [-0.2, 0) is 16.0 Å². The molecule has 0 N–H and O–H groups in total. The highest BCUT2D eigenvalue weighted by Crippen LogP contribution is 2.27. The molecule has 2 aromatic heterocycles. The first-order valence-corrected chi connectivity index (χ1v) is 10.1. The van der Waals surface area contributed by atoms with E-state index in [2.05, 4.69) is 11.0 Å². The minimum absolute atomic E-state index is 0.260.